The third-order valence-electron chi connectivity index (χ3n) is 2.79. The number of carbonyl (C=O) groups is 1. The van der Waals surface area contributed by atoms with Gasteiger partial charge in [-0.25, -0.2) is 0 Å². The summed E-state index contributed by atoms with van der Waals surface area (Å²) in [7, 11) is 0. The molecule has 1 aliphatic rings. The van der Waals surface area contributed by atoms with Crippen LogP contribution in [0.1, 0.15) is 25.3 Å². The van der Waals surface area contributed by atoms with Gasteiger partial charge in [-0.3, -0.25) is 4.79 Å². The van der Waals surface area contributed by atoms with Crippen LogP contribution in [0, 0.1) is 23.2 Å². The summed E-state index contributed by atoms with van der Waals surface area (Å²) in [4.78, 5) is 10.4. The van der Waals surface area contributed by atoms with Crippen LogP contribution in [0.3, 0.4) is 0 Å². The van der Waals surface area contributed by atoms with Crippen molar-refractivity contribution in [3.63, 3.8) is 0 Å². The highest BCUT2D eigenvalue weighted by atomic mass is 16.1. The molecule has 0 radical (unpaired) electrons. The molecule has 90 valence electrons. The van der Waals surface area contributed by atoms with Crippen LogP contribution >= 0.6 is 0 Å². The minimum absolute atomic E-state index is 0.271. The molecule has 0 heterocycles. The molecular formula is C14H18N2O. The van der Waals surface area contributed by atoms with E-state index in [9.17, 15) is 4.79 Å². The van der Waals surface area contributed by atoms with Crippen molar-refractivity contribution < 1.29 is 4.79 Å². The maximum absolute atomic E-state index is 10.4. The first kappa shape index (κ1) is 13.2. The molecule has 2 rings (SSSR count). The van der Waals surface area contributed by atoms with E-state index in [2.05, 4.69) is 31.2 Å². The van der Waals surface area contributed by atoms with Gasteiger partial charge < -0.3 is 5.73 Å². The summed E-state index contributed by atoms with van der Waals surface area (Å²) < 4.78 is 0. The van der Waals surface area contributed by atoms with Gasteiger partial charge in [0.05, 0.1) is 6.07 Å². The molecule has 0 aliphatic heterocycles. The van der Waals surface area contributed by atoms with Gasteiger partial charge in [0.2, 0.25) is 5.91 Å². The van der Waals surface area contributed by atoms with E-state index < -0.39 is 11.8 Å². The maximum Gasteiger partial charge on any atom is 0.235 e. The second-order valence-electron chi connectivity index (χ2n) is 4.19. The first-order chi connectivity index (χ1) is 8.19. The van der Waals surface area contributed by atoms with Crippen LogP contribution < -0.4 is 5.73 Å². The Kier molecular flexibility index (Phi) is 5.22. The minimum Gasteiger partial charge on any atom is -0.369 e. The van der Waals surface area contributed by atoms with Crippen LogP contribution in [0.4, 0.5) is 0 Å². The molecule has 1 fully saturated rings. The monoisotopic (exact) mass is 230 g/mol. The summed E-state index contributed by atoms with van der Waals surface area (Å²) in [5, 5.41) is 8.36. The van der Waals surface area contributed by atoms with Crippen molar-refractivity contribution in [2.75, 3.05) is 0 Å². The fourth-order valence-corrected chi connectivity index (χ4v) is 1.54. The Balaban J connectivity index is 0.000000171. The zero-order chi connectivity index (χ0) is 12.7. The number of benzene rings is 1. The molecule has 2 N–H and O–H groups in total. The quantitative estimate of drug-likeness (QED) is 0.865. The largest absolute Gasteiger partial charge is 0.369 e. The highest BCUT2D eigenvalue weighted by Gasteiger charge is 2.34. The average molecular weight is 230 g/mol. The van der Waals surface area contributed by atoms with Gasteiger partial charge >= 0.3 is 0 Å². The van der Waals surface area contributed by atoms with E-state index in [4.69, 9.17) is 11.0 Å². The predicted octanol–water partition coefficient (Wildman–Crippen LogP) is 2.27. The predicted molar refractivity (Wildman–Crippen MR) is 66.8 cm³/mol. The molecule has 0 bridgehead atoms. The minimum atomic E-state index is -0.523. The molecule has 0 aromatic heterocycles. The summed E-state index contributed by atoms with van der Waals surface area (Å²) in [6, 6.07) is 12.3. The van der Waals surface area contributed by atoms with Crippen LogP contribution in [0.5, 0.6) is 0 Å². The molecular weight excluding hydrogens is 212 g/mol. The van der Waals surface area contributed by atoms with Gasteiger partial charge in [0.1, 0.15) is 5.92 Å². The number of nitrogens with two attached hydrogens (primary N) is 1. The van der Waals surface area contributed by atoms with E-state index in [1.54, 1.807) is 0 Å². The third kappa shape index (κ3) is 4.69. The second-order valence-corrected chi connectivity index (χ2v) is 4.19. The highest BCUT2D eigenvalue weighted by molar-refractivity contribution is 5.79. The molecule has 0 saturated heterocycles. The van der Waals surface area contributed by atoms with Crippen LogP contribution in [0.15, 0.2) is 30.3 Å². The molecule has 1 amide bonds. The van der Waals surface area contributed by atoms with Crippen molar-refractivity contribution in [1.29, 1.82) is 5.26 Å². The lowest BCUT2D eigenvalue weighted by atomic mass is 10.1. The maximum atomic E-state index is 10.4. The molecule has 0 spiro atoms. The van der Waals surface area contributed by atoms with E-state index in [0.29, 0.717) is 0 Å². The number of aryl methyl sites for hydroxylation is 1. The average Bonchev–Trinajstić information content (AvgIpc) is 3.16. The molecule has 1 aromatic carbocycles. The Morgan fingerprint density at radius 2 is 2.06 bits per heavy atom. The first-order valence-corrected chi connectivity index (χ1v) is 5.91. The SMILES string of the molecule is CCc1ccccc1.N#CC(C(N)=O)C1CC1. The van der Waals surface area contributed by atoms with Crippen LogP contribution in [-0.2, 0) is 11.2 Å². The number of amides is 1. The van der Waals surface area contributed by atoms with Gasteiger partial charge in [-0.1, -0.05) is 37.3 Å². The topological polar surface area (TPSA) is 66.9 Å². The van der Waals surface area contributed by atoms with Crippen molar-refractivity contribution in [3.8, 4) is 6.07 Å². The Hall–Kier alpha value is -1.82. The Bertz CT molecular complexity index is 390. The van der Waals surface area contributed by atoms with Gasteiger partial charge in [0.15, 0.2) is 0 Å². The summed E-state index contributed by atoms with van der Waals surface area (Å²) >= 11 is 0. The lowest BCUT2D eigenvalue weighted by molar-refractivity contribution is -0.120. The van der Waals surface area contributed by atoms with Gasteiger partial charge in [0.25, 0.3) is 0 Å². The smallest absolute Gasteiger partial charge is 0.235 e. The summed E-state index contributed by atoms with van der Waals surface area (Å²) in [5.74, 6) is -0.725. The summed E-state index contributed by atoms with van der Waals surface area (Å²) in [5.41, 5.74) is 6.34. The number of nitriles is 1. The summed E-state index contributed by atoms with van der Waals surface area (Å²) in [6.07, 6.45) is 3.11. The van der Waals surface area contributed by atoms with Crippen molar-refractivity contribution in [3.05, 3.63) is 35.9 Å². The normalized spacial score (nSPS) is 15.1. The molecule has 1 aliphatic carbocycles. The first-order valence-electron chi connectivity index (χ1n) is 5.91. The fraction of sp³-hybridized carbons (Fsp3) is 0.429. The standard InChI is InChI=1S/C8H10.C6H8N2O/c1-2-8-6-4-3-5-7-8;7-3-5(6(8)9)4-1-2-4/h3-7H,2H2,1H3;4-5H,1-2H2,(H2,8,9). The molecule has 1 atom stereocenters. The number of primary amides is 1. The molecule has 1 aromatic rings. The molecule has 3 nitrogen and oxygen atoms in total. The van der Waals surface area contributed by atoms with Gasteiger partial charge in [0, 0.05) is 0 Å². The molecule has 1 unspecified atom stereocenters. The van der Waals surface area contributed by atoms with Crippen molar-refractivity contribution in [2.24, 2.45) is 17.6 Å². The molecule has 1 saturated carbocycles. The number of hydrogen-bond acceptors (Lipinski definition) is 2. The second kappa shape index (κ2) is 6.70. The molecule has 3 heteroatoms. The van der Waals surface area contributed by atoms with E-state index in [-0.39, 0.29) is 5.92 Å². The van der Waals surface area contributed by atoms with Crippen LogP contribution in [-0.4, -0.2) is 5.91 Å². The van der Waals surface area contributed by atoms with E-state index in [1.165, 1.54) is 5.56 Å². The van der Waals surface area contributed by atoms with Crippen molar-refractivity contribution >= 4 is 5.91 Å². The van der Waals surface area contributed by atoms with Crippen LogP contribution in [0.25, 0.3) is 0 Å². The Labute approximate surface area is 102 Å². The van der Waals surface area contributed by atoms with Gasteiger partial charge in [-0.15, -0.1) is 0 Å². The van der Waals surface area contributed by atoms with Crippen molar-refractivity contribution in [2.45, 2.75) is 26.2 Å². The Morgan fingerprint density at radius 1 is 1.47 bits per heavy atom. The zero-order valence-corrected chi connectivity index (χ0v) is 10.1. The number of rotatable bonds is 3. The van der Waals surface area contributed by atoms with Crippen molar-refractivity contribution in [1.82, 2.24) is 0 Å². The fourth-order valence-electron chi connectivity index (χ4n) is 1.54. The Morgan fingerprint density at radius 3 is 2.29 bits per heavy atom. The van der Waals surface area contributed by atoms with E-state index >= 15 is 0 Å². The lowest BCUT2D eigenvalue weighted by Crippen LogP contribution is -2.23. The summed E-state index contributed by atoms with van der Waals surface area (Å²) in [6.45, 7) is 2.16. The van der Waals surface area contributed by atoms with Gasteiger partial charge in [-0.2, -0.15) is 5.26 Å². The number of carbonyl (C=O) groups excluding carboxylic acids is 1. The van der Waals surface area contributed by atoms with E-state index in [1.807, 2.05) is 12.1 Å². The number of hydrogen-bond donors (Lipinski definition) is 1. The highest BCUT2D eigenvalue weighted by Crippen LogP contribution is 2.36. The third-order valence-corrected chi connectivity index (χ3v) is 2.79. The van der Waals surface area contributed by atoms with Gasteiger partial charge in [-0.05, 0) is 30.7 Å². The lowest BCUT2D eigenvalue weighted by Gasteiger charge is -1.97. The zero-order valence-electron chi connectivity index (χ0n) is 10.1. The van der Waals surface area contributed by atoms with Crippen LogP contribution in [0.2, 0.25) is 0 Å². The van der Waals surface area contributed by atoms with E-state index in [0.717, 1.165) is 19.3 Å². The molecule has 17 heavy (non-hydrogen) atoms. The number of nitrogens with zero attached hydrogens (tertiary/aromatic N) is 1.